The first-order chi connectivity index (χ1) is 13.9. The number of aryl methyl sites for hydroxylation is 2. The highest BCUT2D eigenvalue weighted by Crippen LogP contribution is 2.35. The van der Waals surface area contributed by atoms with Gasteiger partial charge in [0.2, 0.25) is 0 Å². The van der Waals surface area contributed by atoms with Crippen molar-refractivity contribution in [3.8, 4) is 0 Å². The molecule has 7 nitrogen and oxygen atoms in total. The molecule has 4 rings (SSSR count). The number of benzene rings is 2. The second-order valence-electron chi connectivity index (χ2n) is 7.44. The maximum atomic E-state index is 13.0. The number of aromatic nitrogens is 2. The molecule has 1 aliphatic rings. The third kappa shape index (κ3) is 3.48. The van der Waals surface area contributed by atoms with Crippen LogP contribution < -0.4 is 9.62 Å². The van der Waals surface area contributed by atoms with E-state index in [-0.39, 0.29) is 5.92 Å². The molecule has 0 bridgehead atoms. The quantitative estimate of drug-likeness (QED) is 0.672. The Morgan fingerprint density at radius 2 is 1.93 bits per heavy atom. The Bertz CT molecular complexity index is 1120. The minimum atomic E-state index is -1.44. The van der Waals surface area contributed by atoms with Gasteiger partial charge >= 0.3 is 5.97 Å². The molecule has 1 fully saturated rings. The maximum absolute atomic E-state index is 13.0. The SMILES string of the molecule is Cc1nn(C)c(C)c1S(=O)Nc1ccc(N2CC[C@@H](C(=O)O)C2)c2ccccc12. The highest BCUT2D eigenvalue weighted by Gasteiger charge is 2.29. The van der Waals surface area contributed by atoms with Crippen LogP contribution in [0.15, 0.2) is 41.3 Å². The molecule has 152 valence electrons. The van der Waals surface area contributed by atoms with Crippen LogP contribution >= 0.6 is 0 Å². The number of aliphatic carboxylic acids is 1. The first-order valence-corrected chi connectivity index (χ1v) is 10.7. The third-order valence-electron chi connectivity index (χ3n) is 5.61. The van der Waals surface area contributed by atoms with Crippen LogP contribution in [0.25, 0.3) is 10.8 Å². The van der Waals surface area contributed by atoms with Crippen LogP contribution in [0.1, 0.15) is 17.8 Å². The Labute approximate surface area is 171 Å². The summed E-state index contributed by atoms with van der Waals surface area (Å²) < 4.78 is 17.9. The number of hydrogen-bond acceptors (Lipinski definition) is 4. The average Bonchev–Trinajstić information content (AvgIpc) is 3.27. The zero-order valence-electron chi connectivity index (χ0n) is 16.7. The molecule has 0 saturated carbocycles. The zero-order chi connectivity index (χ0) is 20.7. The van der Waals surface area contributed by atoms with Gasteiger partial charge in [-0.3, -0.25) is 9.48 Å². The third-order valence-corrected chi connectivity index (χ3v) is 6.98. The van der Waals surface area contributed by atoms with Crippen molar-refractivity contribution in [2.24, 2.45) is 13.0 Å². The molecule has 2 heterocycles. The molecule has 1 unspecified atom stereocenters. The normalized spacial score (nSPS) is 17.6. The molecule has 1 aromatic heterocycles. The van der Waals surface area contributed by atoms with Gasteiger partial charge in [0, 0.05) is 36.6 Å². The van der Waals surface area contributed by atoms with Crippen LogP contribution in [0.4, 0.5) is 11.4 Å². The lowest BCUT2D eigenvalue weighted by molar-refractivity contribution is -0.140. The smallest absolute Gasteiger partial charge is 0.308 e. The monoisotopic (exact) mass is 412 g/mol. The van der Waals surface area contributed by atoms with Crippen molar-refractivity contribution in [1.82, 2.24) is 9.78 Å². The summed E-state index contributed by atoms with van der Waals surface area (Å²) in [5, 5.41) is 15.6. The maximum Gasteiger partial charge on any atom is 0.308 e. The van der Waals surface area contributed by atoms with Gasteiger partial charge in [-0.05, 0) is 32.4 Å². The standard InChI is InChI=1S/C21H24N4O3S/c1-13-20(14(2)24(3)22-13)29(28)23-18-8-9-19(17-7-5-4-6-16(17)18)25-11-10-15(12-25)21(26)27/h4-9,15,23H,10-12H2,1-3H3,(H,26,27)/t15-,29?/m1/s1. The highest BCUT2D eigenvalue weighted by atomic mass is 32.2. The molecule has 0 radical (unpaired) electrons. The van der Waals surface area contributed by atoms with E-state index >= 15 is 0 Å². The molecule has 0 aliphatic carbocycles. The molecule has 29 heavy (non-hydrogen) atoms. The number of carboxylic acid groups (broad SMARTS) is 1. The number of carboxylic acids is 1. The number of nitrogens with one attached hydrogen (secondary N) is 1. The Balaban J connectivity index is 1.69. The topological polar surface area (TPSA) is 87.5 Å². The van der Waals surface area contributed by atoms with Gasteiger partial charge < -0.3 is 14.7 Å². The van der Waals surface area contributed by atoms with Crippen molar-refractivity contribution in [3.63, 3.8) is 0 Å². The van der Waals surface area contributed by atoms with Crippen LogP contribution in [0.5, 0.6) is 0 Å². The summed E-state index contributed by atoms with van der Waals surface area (Å²) >= 11 is 0. The lowest BCUT2D eigenvalue weighted by Crippen LogP contribution is -2.22. The summed E-state index contributed by atoms with van der Waals surface area (Å²) in [5.74, 6) is -1.08. The van der Waals surface area contributed by atoms with Crippen molar-refractivity contribution in [2.75, 3.05) is 22.7 Å². The lowest BCUT2D eigenvalue weighted by atomic mass is 10.1. The fourth-order valence-corrected chi connectivity index (χ4v) is 5.19. The number of fused-ring (bicyclic) bond motifs is 1. The largest absolute Gasteiger partial charge is 0.481 e. The summed E-state index contributed by atoms with van der Waals surface area (Å²) in [4.78, 5) is 14.2. The summed E-state index contributed by atoms with van der Waals surface area (Å²) in [7, 11) is 0.403. The summed E-state index contributed by atoms with van der Waals surface area (Å²) in [5.41, 5.74) is 3.40. The van der Waals surface area contributed by atoms with Gasteiger partial charge in [-0.15, -0.1) is 0 Å². The minimum Gasteiger partial charge on any atom is -0.481 e. The molecule has 0 amide bonds. The Kier molecular flexibility index (Phi) is 5.04. The van der Waals surface area contributed by atoms with Crippen LogP contribution in [-0.2, 0) is 22.8 Å². The van der Waals surface area contributed by atoms with Gasteiger partial charge in [0.05, 0.1) is 23.0 Å². The van der Waals surface area contributed by atoms with Crippen LogP contribution in [0.2, 0.25) is 0 Å². The van der Waals surface area contributed by atoms with E-state index in [9.17, 15) is 14.1 Å². The number of anilines is 2. The van der Waals surface area contributed by atoms with Gasteiger partial charge in [0.1, 0.15) is 4.90 Å². The van der Waals surface area contributed by atoms with Gasteiger partial charge in [-0.25, -0.2) is 4.21 Å². The van der Waals surface area contributed by atoms with Gasteiger partial charge in [0.25, 0.3) is 0 Å². The molecular weight excluding hydrogens is 388 g/mol. The van der Waals surface area contributed by atoms with E-state index in [4.69, 9.17) is 0 Å². The fraction of sp³-hybridized carbons (Fsp3) is 0.333. The average molecular weight is 413 g/mol. The second kappa shape index (κ2) is 7.51. The molecule has 2 atom stereocenters. The number of hydrogen-bond donors (Lipinski definition) is 2. The number of nitrogens with zero attached hydrogens (tertiary/aromatic N) is 3. The van der Waals surface area contributed by atoms with E-state index in [0.717, 1.165) is 33.5 Å². The predicted molar refractivity (Wildman–Crippen MR) is 115 cm³/mol. The molecular formula is C21H24N4O3S. The first-order valence-electron chi connectivity index (χ1n) is 9.55. The van der Waals surface area contributed by atoms with Crippen LogP contribution in [0.3, 0.4) is 0 Å². The van der Waals surface area contributed by atoms with E-state index in [1.54, 1.807) is 4.68 Å². The summed E-state index contributed by atoms with van der Waals surface area (Å²) in [6.45, 7) is 4.98. The van der Waals surface area contributed by atoms with E-state index < -0.39 is 17.0 Å². The van der Waals surface area contributed by atoms with Crippen molar-refractivity contribution in [1.29, 1.82) is 0 Å². The second-order valence-corrected chi connectivity index (χ2v) is 8.59. The fourth-order valence-electron chi connectivity index (χ4n) is 4.00. The Morgan fingerprint density at radius 3 is 2.55 bits per heavy atom. The Hall–Kier alpha value is -2.87. The lowest BCUT2D eigenvalue weighted by Gasteiger charge is -2.22. The zero-order valence-corrected chi connectivity index (χ0v) is 17.5. The molecule has 1 saturated heterocycles. The number of carbonyl (C=O) groups is 1. The van der Waals surface area contributed by atoms with E-state index in [1.807, 2.05) is 57.3 Å². The first kappa shape index (κ1) is 19.4. The van der Waals surface area contributed by atoms with Crippen molar-refractivity contribution in [2.45, 2.75) is 25.2 Å². The van der Waals surface area contributed by atoms with Gasteiger partial charge in [-0.1, -0.05) is 24.3 Å². The summed E-state index contributed by atoms with van der Waals surface area (Å²) in [6.07, 6.45) is 0.646. The molecule has 3 aromatic rings. The number of rotatable bonds is 5. The molecule has 0 spiro atoms. The van der Waals surface area contributed by atoms with Crippen molar-refractivity contribution < 1.29 is 14.1 Å². The van der Waals surface area contributed by atoms with Gasteiger partial charge in [0.15, 0.2) is 11.0 Å². The van der Waals surface area contributed by atoms with Crippen molar-refractivity contribution >= 4 is 39.1 Å². The van der Waals surface area contributed by atoms with Crippen LogP contribution in [0, 0.1) is 19.8 Å². The van der Waals surface area contributed by atoms with Crippen LogP contribution in [-0.4, -0.2) is 38.2 Å². The Morgan fingerprint density at radius 1 is 1.21 bits per heavy atom. The van der Waals surface area contributed by atoms with Gasteiger partial charge in [-0.2, -0.15) is 5.10 Å². The molecule has 1 aliphatic heterocycles. The highest BCUT2D eigenvalue weighted by molar-refractivity contribution is 7.86. The molecule has 2 aromatic carbocycles. The predicted octanol–water partition coefficient (Wildman–Crippen LogP) is 3.24. The molecule has 2 N–H and O–H groups in total. The van der Waals surface area contributed by atoms with E-state index in [1.165, 1.54) is 0 Å². The minimum absolute atomic E-state index is 0.337. The molecule has 8 heteroatoms. The van der Waals surface area contributed by atoms with E-state index in [0.29, 0.717) is 24.4 Å². The van der Waals surface area contributed by atoms with Crippen molar-refractivity contribution in [3.05, 3.63) is 47.8 Å². The van der Waals surface area contributed by atoms with E-state index in [2.05, 4.69) is 14.7 Å². The summed E-state index contributed by atoms with van der Waals surface area (Å²) in [6, 6.07) is 11.8.